The number of nitrogens with two attached hydrogens (primary N) is 1. The smallest absolute Gasteiger partial charge is 0.248 e. The van der Waals surface area contributed by atoms with Crippen molar-refractivity contribution in [3.05, 3.63) is 96.6 Å². The first-order valence-electron chi connectivity index (χ1n) is 10.1. The van der Waals surface area contributed by atoms with Gasteiger partial charge in [0.1, 0.15) is 30.3 Å². The fraction of sp³-hybridized carbons (Fsp3) is 0.160. The maximum Gasteiger partial charge on any atom is 0.248 e. The normalized spacial score (nSPS) is 12.8. The molecule has 1 amide bonds. The molecule has 0 fully saturated rings. The summed E-state index contributed by atoms with van der Waals surface area (Å²) in [5.41, 5.74) is 7.36. The van der Waals surface area contributed by atoms with Crippen LogP contribution in [0.5, 0.6) is 11.5 Å². The van der Waals surface area contributed by atoms with Gasteiger partial charge in [-0.1, -0.05) is 42.5 Å². The van der Waals surface area contributed by atoms with Gasteiger partial charge in [-0.15, -0.1) is 0 Å². The predicted molar refractivity (Wildman–Crippen MR) is 123 cm³/mol. The molecule has 0 aliphatic carbocycles. The van der Waals surface area contributed by atoms with Crippen molar-refractivity contribution < 1.29 is 24.5 Å². The topological polar surface area (TPSA) is 114 Å². The number of anilines is 2. The Labute approximate surface area is 186 Å². The lowest BCUT2D eigenvalue weighted by molar-refractivity contribution is -0.112. The van der Waals surface area contributed by atoms with Crippen molar-refractivity contribution >= 4 is 17.3 Å². The Hall–Kier alpha value is -3.81. The molecule has 0 saturated carbocycles. The molecule has 0 radical (unpaired) electrons. The number of carbonyl (C=O) groups is 1. The van der Waals surface area contributed by atoms with E-state index >= 15 is 0 Å². The third-order valence-electron chi connectivity index (χ3n) is 4.54. The van der Waals surface area contributed by atoms with Crippen molar-refractivity contribution in [3.8, 4) is 11.5 Å². The number of carbonyl (C=O) groups excluding carboxylic acids is 1. The zero-order chi connectivity index (χ0) is 22.8. The summed E-state index contributed by atoms with van der Waals surface area (Å²) in [4.78, 5) is 12.4. The van der Waals surface area contributed by atoms with Crippen LogP contribution in [0, 0.1) is 0 Å². The molecular weight excluding hydrogens is 408 g/mol. The summed E-state index contributed by atoms with van der Waals surface area (Å²) in [6.45, 7) is 0.0302. The van der Waals surface area contributed by atoms with Crippen LogP contribution in [0.3, 0.4) is 0 Å². The first-order chi connectivity index (χ1) is 15.6. The summed E-state index contributed by atoms with van der Waals surface area (Å²) in [6, 6.07) is 22.8. The Morgan fingerprint density at radius 1 is 1.00 bits per heavy atom. The van der Waals surface area contributed by atoms with E-state index in [1.165, 1.54) is 12.2 Å². The number of nitrogens with one attached hydrogen (secondary N) is 1. The van der Waals surface area contributed by atoms with Gasteiger partial charge in [0.25, 0.3) is 0 Å². The van der Waals surface area contributed by atoms with Gasteiger partial charge >= 0.3 is 0 Å². The van der Waals surface area contributed by atoms with E-state index in [2.05, 4.69) is 5.32 Å². The van der Waals surface area contributed by atoms with Gasteiger partial charge in [-0.25, -0.2) is 0 Å². The van der Waals surface area contributed by atoms with E-state index in [0.29, 0.717) is 28.4 Å². The Morgan fingerprint density at radius 3 is 2.47 bits per heavy atom. The highest BCUT2D eigenvalue weighted by atomic mass is 16.5. The first kappa shape index (κ1) is 22.9. The van der Waals surface area contributed by atoms with Gasteiger partial charge in [0.15, 0.2) is 0 Å². The monoisotopic (exact) mass is 434 g/mol. The maximum atomic E-state index is 12.4. The molecule has 0 aromatic heterocycles. The molecule has 0 bridgehead atoms. The van der Waals surface area contributed by atoms with Crippen LogP contribution < -0.4 is 20.5 Å². The molecule has 5 N–H and O–H groups in total. The minimum Gasteiger partial charge on any atom is -0.491 e. The predicted octanol–water partition coefficient (Wildman–Crippen LogP) is 3.32. The number of hydrogen-bond donors (Lipinski definition) is 4. The van der Waals surface area contributed by atoms with Crippen molar-refractivity contribution in [1.82, 2.24) is 0 Å². The van der Waals surface area contributed by atoms with Crippen LogP contribution in [0.15, 0.2) is 91.0 Å². The summed E-state index contributed by atoms with van der Waals surface area (Å²) in [5, 5.41) is 22.7. The standard InChI is InChI=1S/C25H26N2O5/c26-21-11-4-5-12-22(21)27-24(29)14-13-23(32-19-8-2-1-3-9-19)25(30)18-7-6-10-20(17-18)31-16-15-28/h1-14,17,23,25,28,30H,15-16,26H2,(H,27,29)/b14-13+/t23-,25-/m0/s1. The molecule has 3 rings (SSSR count). The Bertz CT molecular complexity index is 1040. The zero-order valence-corrected chi connectivity index (χ0v) is 17.4. The fourth-order valence-corrected chi connectivity index (χ4v) is 2.97. The number of hydrogen-bond acceptors (Lipinski definition) is 6. The Morgan fingerprint density at radius 2 is 1.72 bits per heavy atom. The van der Waals surface area contributed by atoms with Crippen molar-refractivity contribution in [1.29, 1.82) is 0 Å². The molecule has 0 unspecified atom stereocenters. The van der Waals surface area contributed by atoms with Gasteiger partial charge in [0.2, 0.25) is 5.91 Å². The molecule has 32 heavy (non-hydrogen) atoms. The van der Waals surface area contributed by atoms with Crippen LogP contribution in [-0.4, -0.2) is 35.4 Å². The second kappa shape index (κ2) is 11.5. The minimum absolute atomic E-state index is 0.115. The lowest BCUT2D eigenvalue weighted by atomic mass is 10.0. The van der Waals surface area contributed by atoms with E-state index in [0.717, 1.165) is 0 Å². The highest BCUT2D eigenvalue weighted by molar-refractivity contribution is 6.01. The number of amides is 1. The molecule has 0 spiro atoms. The molecule has 3 aromatic carbocycles. The number of rotatable bonds is 10. The second-order valence-corrected chi connectivity index (χ2v) is 6.92. The van der Waals surface area contributed by atoms with Crippen molar-refractivity contribution in [2.45, 2.75) is 12.2 Å². The fourth-order valence-electron chi connectivity index (χ4n) is 2.97. The Balaban J connectivity index is 1.79. The lowest BCUT2D eigenvalue weighted by Crippen LogP contribution is -2.24. The van der Waals surface area contributed by atoms with Gasteiger partial charge in [0.05, 0.1) is 18.0 Å². The van der Waals surface area contributed by atoms with E-state index in [4.69, 9.17) is 20.3 Å². The summed E-state index contributed by atoms with van der Waals surface area (Å²) < 4.78 is 11.4. The van der Waals surface area contributed by atoms with Crippen LogP contribution in [0.1, 0.15) is 11.7 Å². The van der Waals surface area contributed by atoms with Crippen molar-refractivity contribution in [2.75, 3.05) is 24.3 Å². The molecule has 2 atom stereocenters. The van der Waals surface area contributed by atoms with E-state index in [1.54, 1.807) is 60.7 Å². The van der Waals surface area contributed by atoms with Crippen LogP contribution in [-0.2, 0) is 4.79 Å². The minimum atomic E-state index is -1.08. The van der Waals surface area contributed by atoms with Crippen LogP contribution >= 0.6 is 0 Å². The van der Waals surface area contributed by atoms with Gasteiger partial charge in [-0.3, -0.25) is 4.79 Å². The van der Waals surface area contributed by atoms with Crippen LogP contribution in [0.2, 0.25) is 0 Å². The average Bonchev–Trinajstić information content (AvgIpc) is 2.82. The number of benzene rings is 3. The van der Waals surface area contributed by atoms with Crippen molar-refractivity contribution in [2.24, 2.45) is 0 Å². The van der Waals surface area contributed by atoms with Crippen LogP contribution in [0.4, 0.5) is 11.4 Å². The summed E-state index contributed by atoms with van der Waals surface area (Å²) in [5.74, 6) is 0.647. The molecule has 0 aliphatic heterocycles. The molecule has 0 saturated heterocycles. The Kier molecular flexibility index (Phi) is 8.25. The highest BCUT2D eigenvalue weighted by Crippen LogP contribution is 2.26. The van der Waals surface area contributed by atoms with E-state index in [1.807, 2.05) is 18.2 Å². The highest BCUT2D eigenvalue weighted by Gasteiger charge is 2.21. The molecular formula is C25H26N2O5. The van der Waals surface area contributed by atoms with Crippen LogP contribution in [0.25, 0.3) is 0 Å². The number of para-hydroxylation sites is 3. The van der Waals surface area contributed by atoms with Gasteiger partial charge in [-0.2, -0.15) is 0 Å². The molecule has 7 nitrogen and oxygen atoms in total. The van der Waals surface area contributed by atoms with Gasteiger partial charge in [0, 0.05) is 6.08 Å². The lowest BCUT2D eigenvalue weighted by Gasteiger charge is -2.22. The molecule has 3 aromatic rings. The van der Waals surface area contributed by atoms with Gasteiger partial charge in [-0.05, 0) is 48.0 Å². The quantitative estimate of drug-likeness (QED) is 0.288. The average molecular weight is 434 g/mol. The van der Waals surface area contributed by atoms with E-state index < -0.39 is 18.1 Å². The number of nitrogen functional groups attached to an aromatic ring is 1. The third-order valence-corrected chi connectivity index (χ3v) is 4.54. The van der Waals surface area contributed by atoms with E-state index in [9.17, 15) is 9.90 Å². The molecule has 0 aliphatic rings. The number of ether oxygens (including phenoxy) is 2. The first-order valence-corrected chi connectivity index (χ1v) is 10.1. The second-order valence-electron chi connectivity index (χ2n) is 6.92. The molecule has 166 valence electrons. The van der Waals surface area contributed by atoms with Gasteiger partial charge < -0.3 is 30.7 Å². The molecule has 7 heteroatoms. The van der Waals surface area contributed by atoms with E-state index in [-0.39, 0.29) is 13.2 Å². The maximum absolute atomic E-state index is 12.4. The SMILES string of the molecule is Nc1ccccc1NC(=O)/C=C/[C@H](Oc1ccccc1)[C@@H](O)c1cccc(OCCO)c1. The molecule has 0 heterocycles. The summed E-state index contributed by atoms with van der Waals surface area (Å²) in [6.07, 6.45) is 0.853. The summed E-state index contributed by atoms with van der Waals surface area (Å²) >= 11 is 0. The number of aliphatic hydroxyl groups is 2. The zero-order valence-electron chi connectivity index (χ0n) is 17.4. The largest absolute Gasteiger partial charge is 0.491 e. The number of aliphatic hydroxyl groups excluding tert-OH is 2. The summed E-state index contributed by atoms with van der Waals surface area (Å²) in [7, 11) is 0. The van der Waals surface area contributed by atoms with Crippen molar-refractivity contribution in [3.63, 3.8) is 0 Å². The third kappa shape index (κ3) is 6.60.